The van der Waals surface area contributed by atoms with Crippen molar-refractivity contribution in [1.29, 1.82) is 0 Å². The maximum Gasteiger partial charge on any atom is 0.334 e. The van der Waals surface area contributed by atoms with Gasteiger partial charge in [0.2, 0.25) is 24.1 Å². The van der Waals surface area contributed by atoms with E-state index in [2.05, 4.69) is 0 Å². The molecular weight excluding hydrogens is 560 g/mol. The van der Waals surface area contributed by atoms with E-state index < -0.39 is 46.9 Å². The largest absolute Gasteiger partial charge is 0.493 e. The molecule has 1 aromatic carbocycles. The topological polar surface area (TPSA) is 136 Å². The zero-order chi connectivity index (χ0) is 31.4. The molecule has 2 aliphatic heterocycles. The molecule has 0 unspecified atom stereocenters. The predicted octanol–water partition coefficient (Wildman–Crippen LogP) is 3.89. The fourth-order valence-electron chi connectivity index (χ4n) is 6.03. The molecule has 0 amide bonds. The van der Waals surface area contributed by atoms with Crippen LogP contribution in [0.5, 0.6) is 17.2 Å². The highest BCUT2D eigenvalue weighted by Gasteiger charge is 2.64. The van der Waals surface area contributed by atoms with Crippen molar-refractivity contribution in [2.75, 3.05) is 27.6 Å². The molecule has 2 aliphatic carbocycles. The fraction of sp³-hybridized carbons (Fsp3) is 0.469. The lowest BCUT2D eigenvalue weighted by Gasteiger charge is -2.48. The number of ketones is 1. The Kier molecular flexibility index (Phi) is 7.58. The molecule has 230 valence electrons. The quantitative estimate of drug-likeness (QED) is 0.378. The van der Waals surface area contributed by atoms with Crippen LogP contribution < -0.4 is 14.2 Å². The zero-order valence-corrected chi connectivity index (χ0v) is 25.5. The molecule has 0 bridgehead atoms. The Balaban J connectivity index is 1.89. The molecule has 0 fully saturated rings. The van der Waals surface area contributed by atoms with Gasteiger partial charge in [-0.25, -0.2) is 9.59 Å². The molecule has 43 heavy (non-hydrogen) atoms. The monoisotopic (exact) mass is 596 g/mol. The Morgan fingerprint density at radius 3 is 2.26 bits per heavy atom. The first-order chi connectivity index (χ1) is 20.4. The summed E-state index contributed by atoms with van der Waals surface area (Å²) in [5, 5.41) is 12.4. The van der Waals surface area contributed by atoms with Crippen LogP contribution >= 0.6 is 0 Å². The minimum Gasteiger partial charge on any atom is -0.493 e. The first-order valence-electron chi connectivity index (χ1n) is 14.0. The van der Waals surface area contributed by atoms with Gasteiger partial charge in [-0.1, -0.05) is 19.1 Å². The van der Waals surface area contributed by atoms with Crippen molar-refractivity contribution in [1.82, 2.24) is 0 Å². The van der Waals surface area contributed by atoms with Gasteiger partial charge in [0.1, 0.15) is 23.7 Å². The van der Waals surface area contributed by atoms with Gasteiger partial charge in [0, 0.05) is 28.2 Å². The van der Waals surface area contributed by atoms with E-state index in [-0.39, 0.29) is 42.0 Å². The molecule has 5 atom stereocenters. The fourth-order valence-corrected chi connectivity index (χ4v) is 6.03. The van der Waals surface area contributed by atoms with E-state index >= 15 is 0 Å². The van der Waals surface area contributed by atoms with Crippen LogP contribution in [0.1, 0.15) is 58.8 Å². The summed E-state index contributed by atoms with van der Waals surface area (Å²) >= 11 is 0. The lowest BCUT2D eigenvalue weighted by atomic mass is 9.59. The third-order valence-corrected chi connectivity index (χ3v) is 9.00. The van der Waals surface area contributed by atoms with Crippen molar-refractivity contribution in [3.8, 4) is 17.2 Å². The standard InChI is InChI=1S/C32H36O11/c1-9-15(3)29(34)42-23-17(5)31(6,36)28(43-30(35)16(4)10-2)19-12-20(37-7)25(38-8)27(33)32(19)13-39-26-22(32)18(23)11-21-24(26)41-14-40-21/h9-12,17,23,28,36H,13-14H2,1-8H3/t17-,23-,28-,31-,32+/m0/s1. The molecular formula is C32H36O11. The number of rotatable bonds is 6. The molecule has 11 heteroatoms. The van der Waals surface area contributed by atoms with E-state index in [1.54, 1.807) is 58.9 Å². The number of ether oxygens (including phenoxy) is 7. The van der Waals surface area contributed by atoms with Gasteiger partial charge in [-0.2, -0.15) is 0 Å². The number of methoxy groups -OCH3 is 2. The van der Waals surface area contributed by atoms with Crippen molar-refractivity contribution >= 4 is 17.7 Å². The van der Waals surface area contributed by atoms with Crippen molar-refractivity contribution in [2.24, 2.45) is 5.92 Å². The number of carbonyl (C=O) groups is 3. The second-order valence-electron chi connectivity index (χ2n) is 11.2. The number of benzene rings is 1. The Morgan fingerprint density at radius 2 is 1.65 bits per heavy atom. The molecule has 0 saturated heterocycles. The third kappa shape index (κ3) is 4.31. The molecule has 1 N–H and O–H groups in total. The van der Waals surface area contributed by atoms with Gasteiger partial charge in [-0.3, -0.25) is 4.79 Å². The normalized spacial score (nSPS) is 29.5. The van der Waals surface area contributed by atoms with Crippen molar-refractivity contribution < 1.29 is 52.6 Å². The van der Waals surface area contributed by atoms with E-state index in [9.17, 15) is 19.5 Å². The maximum absolute atomic E-state index is 14.7. The number of Topliss-reactive ketones (excluding diaryl/α,β-unsaturated/α-hetero) is 1. The maximum atomic E-state index is 14.7. The smallest absolute Gasteiger partial charge is 0.334 e. The summed E-state index contributed by atoms with van der Waals surface area (Å²) < 4.78 is 41.0. The number of hydrogen-bond donors (Lipinski definition) is 1. The van der Waals surface area contributed by atoms with E-state index in [1.807, 2.05) is 0 Å². The Hall–Kier alpha value is -4.25. The minimum absolute atomic E-state index is 0.0865. The second-order valence-corrected chi connectivity index (χ2v) is 11.2. The van der Waals surface area contributed by atoms with Gasteiger partial charge >= 0.3 is 11.9 Å². The van der Waals surface area contributed by atoms with Crippen LogP contribution in [-0.2, 0) is 38.7 Å². The van der Waals surface area contributed by atoms with Crippen LogP contribution in [0, 0.1) is 5.92 Å². The summed E-state index contributed by atoms with van der Waals surface area (Å²) in [4.78, 5) is 41.2. The van der Waals surface area contributed by atoms with E-state index in [0.29, 0.717) is 28.0 Å². The van der Waals surface area contributed by atoms with Crippen LogP contribution in [0.15, 0.2) is 52.5 Å². The second kappa shape index (κ2) is 10.8. The van der Waals surface area contributed by atoms with Gasteiger partial charge in [0.25, 0.3) is 0 Å². The molecule has 0 aromatic heterocycles. The van der Waals surface area contributed by atoms with E-state index in [0.717, 1.165) is 0 Å². The lowest BCUT2D eigenvalue weighted by Crippen LogP contribution is -2.59. The number of carbonyl (C=O) groups excluding carboxylic acids is 3. The number of aliphatic hydroxyl groups is 1. The molecule has 2 heterocycles. The van der Waals surface area contributed by atoms with Crippen LogP contribution in [0.2, 0.25) is 0 Å². The van der Waals surface area contributed by atoms with E-state index in [4.69, 9.17) is 33.2 Å². The average molecular weight is 597 g/mol. The van der Waals surface area contributed by atoms with Gasteiger partial charge in [-0.05, 0) is 52.3 Å². The van der Waals surface area contributed by atoms with Gasteiger partial charge in [0.15, 0.2) is 23.4 Å². The first-order valence-corrected chi connectivity index (χ1v) is 14.0. The molecule has 0 radical (unpaired) electrons. The summed E-state index contributed by atoms with van der Waals surface area (Å²) in [6, 6.07) is 1.65. The summed E-state index contributed by atoms with van der Waals surface area (Å²) in [5.74, 6) is -1.93. The van der Waals surface area contributed by atoms with E-state index in [1.165, 1.54) is 21.1 Å². The molecule has 0 saturated carbocycles. The van der Waals surface area contributed by atoms with Crippen LogP contribution in [-0.4, -0.2) is 62.2 Å². The Morgan fingerprint density at radius 1 is 1.00 bits per heavy atom. The summed E-state index contributed by atoms with van der Waals surface area (Å²) in [6.07, 6.45) is 2.18. The highest BCUT2D eigenvalue weighted by atomic mass is 16.7. The summed E-state index contributed by atoms with van der Waals surface area (Å²) in [5.41, 5.74) is -2.01. The zero-order valence-electron chi connectivity index (χ0n) is 25.5. The van der Waals surface area contributed by atoms with Crippen LogP contribution in [0.25, 0.3) is 0 Å². The van der Waals surface area contributed by atoms with Crippen molar-refractivity contribution in [2.45, 2.75) is 64.8 Å². The van der Waals surface area contributed by atoms with Crippen LogP contribution in [0.4, 0.5) is 0 Å². The Bertz CT molecular complexity index is 1530. The molecule has 4 aliphatic rings. The molecule has 1 aromatic rings. The lowest BCUT2D eigenvalue weighted by molar-refractivity contribution is -0.177. The van der Waals surface area contributed by atoms with Crippen molar-refractivity contribution in [3.05, 3.63) is 63.7 Å². The average Bonchev–Trinajstić information content (AvgIpc) is 3.63. The van der Waals surface area contributed by atoms with Gasteiger partial charge in [0.05, 0.1) is 14.2 Å². The Labute approximate surface area is 249 Å². The highest BCUT2D eigenvalue weighted by molar-refractivity contribution is 6.09. The van der Waals surface area contributed by atoms with Crippen molar-refractivity contribution in [3.63, 3.8) is 0 Å². The number of hydrogen-bond acceptors (Lipinski definition) is 11. The van der Waals surface area contributed by atoms with Gasteiger partial charge in [-0.15, -0.1) is 0 Å². The summed E-state index contributed by atoms with van der Waals surface area (Å²) in [7, 11) is 2.73. The predicted molar refractivity (Wildman–Crippen MR) is 151 cm³/mol. The SMILES string of the molecule is CC=C(C)C(=O)O[C@@H]1c2cc3c(c4c2[C@]2(CO4)C(=O)C(OC)=C(OC)C=C2[C@H](OC(=O)C(C)=CC)[C@@](C)(O)[C@H]1C)OCO3. The number of fused-ring (bicyclic) bond motifs is 2. The number of allylic oxidation sites excluding steroid dienone is 4. The molecule has 11 nitrogen and oxygen atoms in total. The molecule has 5 rings (SSSR count). The first kappa shape index (κ1) is 30.2. The number of esters is 2. The molecule has 1 spiro atoms. The highest BCUT2D eigenvalue weighted by Crippen LogP contribution is 2.62. The van der Waals surface area contributed by atoms with Crippen LogP contribution in [0.3, 0.4) is 0 Å². The summed E-state index contributed by atoms with van der Waals surface area (Å²) in [6.45, 7) is 9.42. The minimum atomic E-state index is -1.90. The van der Waals surface area contributed by atoms with Gasteiger partial charge < -0.3 is 38.3 Å². The third-order valence-electron chi connectivity index (χ3n) is 9.00.